The molecule has 1 aromatic heterocycles. The van der Waals surface area contributed by atoms with Crippen molar-refractivity contribution in [2.24, 2.45) is 0 Å². The van der Waals surface area contributed by atoms with Crippen LogP contribution < -0.4 is 10.5 Å². The summed E-state index contributed by atoms with van der Waals surface area (Å²) in [5.74, 6) is -0.888. The molecule has 19 heavy (non-hydrogen) atoms. The van der Waals surface area contributed by atoms with Gasteiger partial charge in [-0.05, 0) is 24.5 Å². The normalized spacial score (nSPS) is 11.0. The predicted molar refractivity (Wildman–Crippen MR) is 66.2 cm³/mol. The van der Waals surface area contributed by atoms with Gasteiger partial charge in [0.25, 0.3) is 0 Å². The van der Waals surface area contributed by atoms with Gasteiger partial charge in [-0.2, -0.15) is 13.2 Å². The second-order valence-corrected chi connectivity index (χ2v) is 5.45. The van der Waals surface area contributed by atoms with Crippen LogP contribution in [0.1, 0.15) is 5.82 Å². The number of nitrogens with two attached hydrogens (primary N) is 1. The number of benzene rings is 1. The van der Waals surface area contributed by atoms with Crippen molar-refractivity contribution in [3.05, 3.63) is 23.8 Å². The van der Waals surface area contributed by atoms with E-state index < -0.39 is 18.2 Å². The molecule has 0 saturated heterocycles. The summed E-state index contributed by atoms with van der Waals surface area (Å²) in [6.45, 7) is -1.38. The van der Waals surface area contributed by atoms with Crippen LogP contribution in [-0.2, 0) is 0 Å². The van der Waals surface area contributed by atoms with E-state index in [4.69, 9.17) is 5.73 Å². The zero-order chi connectivity index (χ0) is 14.0. The van der Waals surface area contributed by atoms with E-state index in [0.717, 1.165) is 35.4 Å². The van der Waals surface area contributed by atoms with Gasteiger partial charge < -0.3 is 10.5 Å². The summed E-state index contributed by atoms with van der Waals surface area (Å²) in [5, 5.41) is 0. The number of aromatic nitrogens is 2. The monoisotopic (exact) mass is 307 g/mol. The molecular formula is C10H8F3N3OS2. The Labute approximate surface area is 115 Å². The zero-order valence-electron chi connectivity index (χ0n) is 9.56. The molecular weight excluding hydrogens is 299 g/mol. The lowest BCUT2D eigenvalue weighted by atomic mass is 10.3. The Kier molecular flexibility index (Phi) is 4.15. The summed E-state index contributed by atoms with van der Waals surface area (Å²) in [5.41, 5.74) is 5.75. The molecule has 2 aromatic rings. The fourth-order valence-corrected chi connectivity index (χ4v) is 2.90. The molecule has 0 aliphatic carbocycles. The Morgan fingerprint density at radius 1 is 1.42 bits per heavy atom. The maximum atomic E-state index is 13.4. The summed E-state index contributed by atoms with van der Waals surface area (Å²) in [4.78, 5) is 4.47. The molecule has 2 rings (SSSR count). The Bertz CT molecular complexity index is 591. The molecule has 0 fully saturated rings. The number of alkyl halides is 2. The van der Waals surface area contributed by atoms with Gasteiger partial charge in [0, 0.05) is 16.6 Å². The first-order valence-electron chi connectivity index (χ1n) is 4.97. The van der Waals surface area contributed by atoms with Crippen LogP contribution in [0.3, 0.4) is 0 Å². The molecule has 0 saturated carbocycles. The lowest BCUT2D eigenvalue weighted by Crippen LogP contribution is -2.04. The van der Waals surface area contributed by atoms with Gasteiger partial charge in [0.15, 0.2) is 15.9 Å². The van der Waals surface area contributed by atoms with Gasteiger partial charge in [-0.25, -0.2) is 9.37 Å². The Morgan fingerprint density at radius 3 is 2.74 bits per heavy atom. The molecule has 4 nitrogen and oxygen atoms in total. The van der Waals surface area contributed by atoms with Crippen molar-refractivity contribution in [1.82, 2.24) is 9.36 Å². The Morgan fingerprint density at radius 2 is 2.16 bits per heavy atom. The van der Waals surface area contributed by atoms with Crippen molar-refractivity contribution in [3.8, 4) is 5.75 Å². The molecule has 102 valence electrons. The van der Waals surface area contributed by atoms with Crippen LogP contribution in [0.15, 0.2) is 21.4 Å². The maximum absolute atomic E-state index is 13.4. The highest BCUT2D eigenvalue weighted by Gasteiger charge is 2.15. The van der Waals surface area contributed by atoms with Crippen molar-refractivity contribution >= 4 is 29.0 Å². The van der Waals surface area contributed by atoms with Crippen LogP contribution in [0.5, 0.6) is 5.75 Å². The minimum atomic E-state index is -3.10. The lowest BCUT2D eigenvalue weighted by Gasteiger charge is -2.09. The Balaban J connectivity index is 2.29. The molecule has 0 radical (unpaired) electrons. The van der Waals surface area contributed by atoms with E-state index in [2.05, 4.69) is 14.1 Å². The number of rotatable bonds is 4. The summed E-state index contributed by atoms with van der Waals surface area (Å²) in [7, 11) is 0. The van der Waals surface area contributed by atoms with E-state index >= 15 is 0 Å². The van der Waals surface area contributed by atoms with E-state index in [0.29, 0.717) is 15.1 Å². The minimum absolute atomic E-state index is 0.122. The van der Waals surface area contributed by atoms with Gasteiger partial charge in [-0.1, -0.05) is 11.8 Å². The van der Waals surface area contributed by atoms with Crippen molar-refractivity contribution in [2.45, 2.75) is 22.8 Å². The zero-order valence-corrected chi connectivity index (χ0v) is 11.2. The average molecular weight is 307 g/mol. The smallest absolute Gasteiger partial charge is 0.387 e. The highest BCUT2D eigenvalue weighted by Crippen LogP contribution is 2.37. The maximum Gasteiger partial charge on any atom is 0.387 e. The highest BCUT2D eigenvalue weighted by atomic mass is 32.2. The van der Waals surface area contributed by atoms with Gasteiger partial charge >= 0.3 is 6.61 Å². The number of aryl methyl sites for hydroxylation is 1. The van der Waals surface area contributed by atoms with Gasteiger partial charge in [-0.15, -0.1) is 0 Å². The molecule has 1 aromatic carbocycles. The summed E-state index contributed by atoms with van der Waals surface area (Å²) in [6, 6.07) is 2.06. The standard InChI is InChI=1S/C10H8F3N3OS2/c1-4-15-10(19-16-4)18-8-3-7(17-9(12)13)5(11)2-6(8)14/h2-3,9H,14H2,1H3. The number of hydrogen-bond donors (Lipinski definition) is 1. The van der Waals surface area contributed by atoms with Crippen molar-refractivity contribution < 1.29 is 17.9 Å². The van der Waals surface area contributed by atoms with E-state index in [1.165, 1.54) is 0 Å². The van der Waals surface area contributed by atoms with Crippen LogP contribution in [-0.4, -0.2) is 16.0 Å². The third-order valence-electron chi connectivity index (χ3n) is 1.99. The minimum Gasteiger partial charge on any atom is -0.432 e. The van der Waals surface area contributed by atoms with Crippen LogP contribution in [0, 0.1) is 12.7 Å². The number of hydrogen-bond acceptors (Lipinski definition) is 6. The topological polar surface area (TPSA) is 61.0 Å². The van der Waals surface area contributed by atoms with E-state index in [-0.39, 0.29) is 5.69 Å². The fraction of sp³-hybridized carbons (Fsp3) is 0.200. The molecule has 0 bridgehead atoms. The second kappa shape index (κ2) is 5.66. The molecule has 9 heteroatoms. The first-order chi connectivity index (χ1) is 8.95. The summed E-state index contributed by atoms with van der Waals surface area (Å²) < 4.78 is 46.2. The first kappa shape index (κ1) is 13.9. The molecule has 0 aliphatic heterocycles. The third-order valence-corrected chi connectivity index (χ3v) is 3.90. The average Bonchev–Trinajstić information content (AvgIpc) is 2.70. The molecule has 0 atom stereocenters. The molecule has 0 amide bonds. The molecule has 2 N–H and O–H groups in total. The number of nitrogen functional groups attached to an aromatic ring is 1. The summed E-state index contributed by atoms with van der Waals surface area (Å²) >= 11 is 2.25. The number of ether oxygens (including phenoxy) is 1. The summed E-state index contributed by atoms with van der Waals surface area (Å²) in [6.07, 6.45) is 0. The SMILES string of the molecule is Cc1nsc(Sc2cc(OC(F)F)c(F)cc2N)n1. The van der Waals surface area contributed by atoms with Gasteiger partial charge in [0.2, 0.25) is 0 Å². The number of anilines is 1. The predicted octanol–water partition coefficient (Wildman–Crippen LogP) is 3.32. The van der Waals surface area contributed by atoms with Gasteiger partial charge in [0.1, 0.15) is 5.82 Å². The first-order valence-corrected chi connectivity index (χ1v) is 6.56. The van der Waals surface area contributed by atoms with Crippen LogP contribution in [0.4, 0.5) is 18.9 Å². The largest absolute Gasteiger partial charge is 0.432 e. The van der Waals surface area contributed by atoms with Crippen molar-refractivity contribution in [2.75, 3.05) is 5.73 Å². The second-order valence-electron chi connectivity index (χ2n) is 3.41. The van der Waals surface area contributed by atoms with E-state index in [1.807, 2.05) is 0 Å². The van der Waals surface area contributed by atoms with Crippen LogP contribution in [0.25, 0.3) is 0 Å². The van der Waals surface area contributed by atoms with E-state index in [9.17, 15) is 13.2 Å². The quantitative estimate of drug-likeness (QED) is 0.878. The molecule has 0 spiro atoms. The number of nitrogens with zero attached hydrogens (tertiary/aromatic N) is 2. The van der Waals surface area contributed by atoms with Gasteiger partial charge in [0.05, 0.1) is 0 Å². The highest BCUT2D eigenvalue weighted by molar-refractivity contribution is 8.01. The van der Waals surface area contributed by atoms with Crippen molar-refractivity contribution in [3.63, 3.8) is 0 Å². The van der Waals surface area contributed by atoms with Gasteiger partial charge in [-0.3, -0.25) is 0 Å². The van der Waals surface area contributed by atoms with Crippen molar-refractivity contribution in [1.29, 1.82) is 0 Å². The van der Waals surface area contributed by atoms with E-state index in [1.54, 1.807) is 6.92 Å². The Hall–Kier alpha value is -1.48. The molecule has 1 heterocycles. The molecule has 0 aliphatic rings. The lowest BCUT2D eigenvalue weighted by molar-refractivity contribution is -0.0523. The van der Waals surface area contributed by atoms with Crippen LogP contribution in [0.2, 0.25) is 0 Å². The number of halogens is 3. The van der Waals surface area contributed by atoms with Crippen LogP contribution >= 0.6 is 23.3 Å². The molecule has 0 unspecified atom stereocenters. The third kappa shape index (κ3) is 3.51. The fourth-order valence-electron chi connectivity index (χ4n) is 1.24.